The number of benzene rings is 1. The Labute approximate surface area is 114 Å². The van der Waals surface area contributed by atoms with Crippen LogP contribution < -0.4 is 10.5 Å². The van der Waals surface area contributed by atoms with Gasteiger partial charge < -0.3 is 10.5 Å². The summed E-state index contributed by atoms with van der Waals surface area (Å²) in [6.45, 7) is 0.534. The minimum Gasteiger partial charge on any atom is -0.489 e. The van der Waals surface area contributed by atoms with Crippen LogP contribution >= 0.6 is 35.2 Å². The quantitative estimate of drug-likeness (QED) is 0.871. The summed E-state index contributed by atoms with van der Waals surface area (Å²) in [6.07, 6.45) is 0. The molecule has 2 rings (SSSR count). The first kappa shape index (κ1) is 12.4. The lowest BCUT2D eigenvalue weighted by Crippen LogP contribution is -2.09. The van der Waals surface area contributed by atoms with Crippen LogP contribution in [-0.2, 0) is 6.61 Å². The topological polar surface area (TPSA) is 35.2 Å². The van der Waals surface area contributed by atoms with Crippen molar-refractivity contribution in [2.75, 3.05) is 0 Å². The molecule has 0 bridgehead atoms. The summed E-state index contributed by atoms with van der Waals surface area (Å²) in [4.78, 5) is 0.291. The number of hydrogen-bond acceptors (Lipinski definition) is 3. The van der Waals surface area contributed by atoms with Crippen LogP contribution in [0.15, 0.2) is 35.0 Å². The summed E-state index contributed by atoms with van der Waals surface area (Å²) in [5.41, 5.74) is 7.34. The fourth-order valence-corrected chi connectivity index (χ4v) is 2.49. The van der Waals surface area contributed by atoms with Crippen LogP contribution in [0.2, 0.25) is 5.02 Å². The van der Waals surface area contributed by atoms with Gasteiger partial charge in [-0.15, -0.1) is 0 Å². The highest BCUT2D eigenvalue weighted by atomic mass is 35.5. The Kier molecular flexibility index (Phi) is 3.99. The summed E-state index contributed by atoms with van der Waals surface area (Å²) < 4.78 is 5.60. The van der Waals surface area contributed by atoms with Gasteiger partial charge in [0.2, 0.25) is 0 Å². The molecule has 0 atom stereocenters. The normalized spacial score (nSPS) is 10.2. The Bertz CT molecular complexity index is 525. The Morgan fingerprint density at radius 2 is 2.24 bits per heavy atom. The van der Waals surface area contributed by atoms with Crippen molar-refractivity contribution in [1.29, 1.82) is 0 Å². The lowest BCUT2D eigenvalue weighted by molar-refractivity contribution is 0.307. The van der Waals surface area contributed by atoms with E-state index < -0.39 is 0 Å². The van der Waals surface area contributed by atoms with E-state index >= 15 is 0 Å². The molecule has 0 radical (unpaired) electrons. The number of rotatable bonds is 4. The number of thiocarbonyl (C=S) groups is 1. The van der Waals surface area contributed by atoms with Crippen LogP contribution in [0.3, 0.4) is 0 Å². The van der Waals surface area contributed by atoms with Gasteiger partial charge in [-0.2, -0.15) is 11.3 Å². The number of thiophene rings is 1. The third-order valence-electron chi connectivity index (χ3n) is 2.19. The second-order valence-corrected chi connectivity index (χ2v) is 5.05. The van der Waals surface area contributed by atoms with E-state index in [1.165, 1.54) is 0 Å². The van der Waals surface area contributed by atoms with Crippen LogP contribution in [0.4, 0.5) is 0 Å². The molecule has 88 valence electrons. The first-order valence-corrected chi connectivity index (χ1v) is 6.63. The predicted molar refractivity (Wildman–Crippen MR) is 76.0 cm³/mol. The van der Waals surface area contributed by atoms with Crippen LogP contribution in [0.25, 0.3) is 0 Å². The summed E-state index contributed by atoms with van der Waals surface area (Å²) in [5, 5.41) is 4.58. The molecular weight excluding hydrogens is 274 g/mol. The molecule has 0 saturated carbocycles. The Morgan fingerprint density at radius 3 is 2.82 bits per heavy atom. The van der Waals surface area contributed by atoms with Crippen molar-refractivity contribution in [3.05, 3.63) is 51.2 Å². The molecule has 1 aromatic heterocycles. The lowest BCUT2D eigenvalue weighted by Gasteiger charge is -2.07. The molecule has 1 aromatic carbocycles. The van der Waals surface area contributed by atoms with Gasteiger partial charge in [0.25, 0.3) is 0 Å². The van der Waals surface area contributed by atoms with Crippen molar-refractivity contribution < 1.29 is 4.74 Å². The molecule has 0 saturated heterocycles. The molecule has 5 heteroatoms. The Morgan fingerprint density at radius 1 is 1.41 bits per heavy atom. The highest BCUT2D eigenvalue weighted by molar-refractivity contribution is 7.80. The molecule has 2 nitrogen and oxygen atoms in total. The maximum absolute atomic E-state index is 6.04. The van der Waals surface area contributed by atoms with E-state index in [2.05, 4.69) is 0 Å². The van der Waals surface area contributed by atoms with Gasteiger partial charge in [-0.05, 0) is 40.6 Å². The van der Waals surface area contributed by atoms with E-state index in [9.17, 15) is 0 Å². The molecular formula is C12H10ClNOS2. The number of hydrogen-bond donors (Lipinski definition) is 1. The molecule has 0 fully saturated rings. The minimum absolute atomic E-state index is 0.291. The zero-order chi connectivity index (χ0) is 12.3. The lowest BCUT2D eigenvalue weighted by atomic mass is 10.2. The summed E-state index contributed by atoms with van der Waals surface area (Å²) >= 11 is 12.6. The Balaban J connectivity index is 2.07. The van der Waals surface area contributed by atoms with Gasteiger partial charge in [0.15, 0.2) is 0 Å². The van der Waals surface area contributed by atoms with Gasteiger partial charge in [-0.25, -0.2) is 0 Å². The second kappa shape index (κ2) is 5.49. The zero-order valence-corrected chi connectivity index (χ0v) is 11.2. The van der Waals surface area contributed by atoms with Crippen LogP contribution in [0, 0.1) is 0 Å². The van der Waals surface area contributed by atoms with E-state index in [4.69, 9.17) is 34.3 Å². The van der Waals surface area contributed by atoms with E-state index in [-0.39, 0.29) is 0 Å². The number of halogens is 1. The zero-order valence-electron chi connectivity index (χ0n) is 8.85. The molecule has 0 spiro atoms. The first-order valence-electron chi connectivity index (χ1n) is 4.90. The van der Waals surface area contributed by atoms with Crippen LogP contribution in [0.5, 0.6) is 5.75 Å². The predicted octanol–water partition coefficient (Wildman–Crippen LogP) is 3.61. The Hall–Kier alpha value is -1.10. The average molecular weight is 284 g/mol. The van der Waals surface area contributed by atoms with Gasteiger partial charge in [0.1, 0.15) is 17.3 Å². The molecule has 0 aliphatic carbocycles. The summed E-state index contributed by atoms with van der Waals surface area (Å²) in [7, 11) is 0. The van der Waals surface area contributed by atoms with Gasteiger partial charge in [0.05, 0.1) is 5.02 Å². The van der Waals surface area contributed by atoms with E-state index in [1.54, 1.807) is 23.5 Å². The molecule has 0 unspecified atom stereocenters. The third kappa shape index (κ3) is 3.19. The van der Waals surface area contributed by atoms with Crippen molar-refractivity contribution in [3.8, 4) is 5.75 Å². The van der Waals surface area contributed by atoms with Crippen molar-refractivity contribution >= 4 is 40.1 Å². The molecule has 2 N–H and O–H groups in total. The second-order valence-electron chi connectivity index (χ2n) is 3.43. The summed E-state index contributed by atoms with van der Waals surface area (Å²) in [6, 6.07) is 7.33. The average Bonchev–Trinajstić information content (AvgIpc) is 2.78. The standard InChI is InChI=1S/C12H10ClNOS2/c13-11-5-9(1-2-10(11)12(14)16)15-6-8-3-4-17-7-8/h1-5,7H,6H2,(H2,14,16). The van der Waals surface area contributed by atoms with Crippen molar-refractivity contribution in [3.63, 3.8) is 0 Å². The fraction of sp³-hybridized carbons (Fsp3) is 0.0833. The maximum Gasteiger partial charge on any atom is 0.121 e. The van der Waals surface area contributed by atoms with Crippen molar-refractivity contribution in [2.45, 2.75) is 6.61 Å². The van der Waals surface area contributed by atoms with Crippen LogP contribution in [0.1, 0.15) is 11.1 Å². The SMILES string of the molecule is NC(=S)c1ccc(OCc2ccsc2)cc1Cl. The minimum atomic E-state index is 0.291. The highest BCUT2D eigenvalue weighted by Crippen LogP contribution is 2.23. The van der Waals surface area contributed by atoms with Gasteiger partial charge in [-0.1, -0.05) is 23.8 Å². The summed E-state index contributed by atoms with van der Waals surface area (Å²) in [5.74, 6) is 0.709. The highest BCUT2D eigenvalue weighted by Gasteiger charge is 2.05. The molecule has 17 heavy (non-hydrogen) atoms. The van der Waals surface area contributed by atoms with Gasteiger partial charge in [0, 0.05) is 5.56 Å². The molecule has 1 heterocycles. The van der Waals surface area contributed by atoms with E-state index in [0.29, 0.717) is 27.9 Å². The maximum atomic E-state index is 6.04. The van der Waals surface area contributed by atoms with E-state index in [0.717, 1.165) is 5.56 Å². The first-order chi connectivity index (χ1) is 8.16. The van der Waals surface area contributed by atoms with Gasteiger partial charge >= 0.3 is 0 Å². The van der Waals surface area contributed by atoms with Crippen molar-refractivity contribution in [2.24, 2.45) is 5.73 Å². The molecule has 0 aliphatic rings. The smallest absolute Gasteiger partial charge is 0.121 e. The monoisotopic (exact) mass is 283 g/mol. The largest absolute Gasteiger partial charge is 0.489 e. The number of nitrogens with two attached hydrogens (primary N) is 1. The van der Waals surface area contributed by atoms with Crippen molar-refractivity contribution in [1.82, 2.24) is 0 Å². The molecule has 2 aromatic rings. The third-order valence-corrected chi connectivity index (χ3v) is 3.46. The molecule has 0 aliphatic heterocycles. The van der Waals surface area contributed by atoms with Gasteiger partial charge in [-0.3, -0.25) is 0 Å². The van der Waals surface area contributed by atoms with E-state index in [1.807, 2.05) is 22.9 Å². The fourth-order valence-electron chi connectivity index (χ4n) is 1.33. The number of ether oxygens (including phenoxy) is 1. The molecule has 0 amide bonds. The van der Waals surface area contributed by atoms with Crippen LogP contribution in [-0.4, -0.2) is 4.99 Å².